The first kappa shape index (κ1) is 29.0. The topological polar surface area (TPSA) is 119 Å². The molecular weight excluding hydrogens is 556 g/mol. The summed E-state index contributed by atoms with van der Waals surface area (Å²) in [5.41, 5.74) is 5.85. The van der Waals surface area contributed by atoms with Crippen LogP contribution in [0.25, 0.3) is 28.1 Å². The molecule has 5 aromatic rings. The number of hydrogen-bond acceptors (Lipinski definition) is 9. The molecule has 2 aromatic carbocycles. The van der Waals surface area contributed by atoms with E-state index in [1.165, 1.54) is 6.33 Å². The van der Waals surface area contributed by atoms with Gasteiger partial charge in [-0.1, -0.05) is 12.2 Å². The zero-order chi connectivity index (χ0) is 30.3. The number of anilines is 2. The van der Waals surface area contributed by atoms with Gasteiger partial charge < -0.3 is 24.7 Å². The first-order valence-corrected chi connectivity index (χ1v) is 14.5. The number of amides is 1. The second-order valence-electron chi connectivity index (χ2n) is 10.5. The lowest BCUT2D eigenvalue weighted by atomic mass is 10.2. The average molecular weight is 591 g/mol. The van der Waals surface area contributed by atoms with Gasteiger partial charge in [0.25, 0.3) is 0 Å². The van der Waals surface area contributed by atoms with Crippen LogP contribution in [-0.2, 0) is 16.6 Å². The Hall–Kier alpha value is -5.13. The van der Waals surface area contributed by atoms with Gasteiger partial charge in [-0.25, -0.2) is 19.9 Å². The number of carbonyl (C=O) groups excluding carboxylic acids is 1. The summed E-state index contributed by atoms with van der Waals surface area (Å²) in [4.78, 5) is 32.4. The van der Waals surface area contributed by atoms with Crippen LogP contribution >= 0.6 is 0 Å². The molecule has 224 valence electrons. The van der Waals surface area contributed by atoms with Crippen molar-refractivity contribution in [2.75, 3.05) is 44.7 Å². The highest BCUT2D eigenvalue weighted by atomic mass is 16.5. The molecule has 44 heavy (non-hydrogen) atoms. The Balaban J connectivity index is 1.08. The van der Waals surface area contributed by atoms with E-state index in [0.29, 0.717) is 17.9 Å². The van der Waals surface area contributed by atoms with Crippen molar-refractivity contribution in [1.82, 2.24) is 34.7 Å². The fourth-order valence-corrected chi connectivity index (χ4v) is 4.91. The molecule has 1 aliphatic rings. The van der Waals surface area contributed by atoms with Crippen molar-refractivity contribution < 1.29 is 14.3 Å². The quantitative estimate of drug-likeness (QED) is 0.222. The van der Waals surface area contributed by atoms with Crippen molar-refractivity contribution in [3.8, 4) is 11.5 Å². The SMILES string of the molecule is Cc1cc(Nc2ncnc3ccc(/C=C/CNC(=O)C=CCN4CCOCC4)nc23)ccc1Oc1ccc2c(c1)ncn2C. The highest BCUT2D eigenvalue weighted by Crippen LogP contribution is 2.30. The number of carbonyl (C=O) groups is 1. The number of ether oxygens (including phenoxy) is 2. The number of hydrogen-bond donors (Lipinski definition) is 2. The third kappa shape index (κ3) is 7.08. The number of pyridine rings is 1. The van der Waals surface area contributed by atoms with Crippen molar-refractivity contribution in [2.45, 2.75) is 6.92 Å². The number of nitrogens with zero attached hydrogens (tertiary/aromatic N) is 6. The Labute approximate surface area is 255 Å². The molecule has 4 heterocycles. The Kier molecular flexibility index (Phi) is 8.85. The van der Waals surface area contributed by atoms with E-state index in [0.717, 1.165) is 77.8 Å². The standard InChI is InChI=1S/C33H34N8O3/c1-23-19-25(8-12-30(23)44-26-9-11-29-28(20-26)37-22-40(29)2)39-33-32-27(35-21-36-33)10-7-24(38-32)5-3-13-34-31(42)6-4-14-41-15-17-43-18-16-41/h3-12,19-22H,13-18H2,1-2H3,(H,34,42)(H,35,36,39)/b5-3+,6-4?. The first-order chi connectivity index (χ1) is 21.5. The lowest BCUT2D eigenvalue weighted by molar-refractivity contribution is -0.116. The molecule has 0 aliphatic carbocycles. The molecule has 0 atom stereocenters. The van der Waals surface area contributed by atoms with E-state index >= 15 is 0 Å². The number of aromatic nitrogens is 5. The van der Waals surface area contributed by atoms with E-state index in [9.17, 15) is 4.79 Å². The summed E-state index contributed by atoms with van der Waals surface area (Å²) in [5, 5.41) is 6.25. The van der Waals surface area contributed by atoms with Crippen molar-refractivity contribution in [1.29, 1.82) is 0 Å². The van der Waals surface area contributed by atoms with Crippen LogP contribution in [-0.4, -0.2) is 74.7 Å². The summed E-state index contributed by atoms with van der Waals surface area (Å²) in [7, 11) is 1.97. The molecular formula is C33H34N8O3. The normalized spacial score (nSPS) is 14.1. The molecule has 1 aliphatic heterocycles. The molecule has 11 nitrogen and oxygen atoms in total. The summed E-state index contributed by atoms with van der Waals surface area (Å²) in [5.74, 6) is 1.95. The molecule has 1 fully saturated rings. The van der Waals surface area contributed by atoms with Gasteiger partial charge in [-0.15, -0.1) is 0 Å². The minimum absolute atomic E-state index is 0.129. The third-order valence-electron chi connectivity index (χ3n) is 7.29. The van der Waals surface area contributed by atoms with E-state index in [1.807, 2.05) is 85.3 Å². The summed E-state index contributed by atoms with van der Waals surface area (Å²) in [6.45, 7) is 6.39. The minimum Gasteiger partial charge on any atom is -0.457 e. The Morgan fingerprint density at radius 3 is 2.77 bits per heavy atom. The van der Waals surface area contributed by atoms with Gasteiger partial charge in [0.1, 0.15) is 23.3 Å². The number of benzene rings is 2. The fourth-order valence-electron chi connectivity index (χ4n) is 4.91. The zero-order valence-electron chi connectivity index (χ0n) is 24.7. The average Bonchev–Trinajstić information content (AvgIpc) is 3.41. The van der Waals surface area contributed by atoms with E-state index in [-0.39, 0.29) is 5.91 Å². The molecule has 2 N–H and O–H groups in total. The zero-order valence-corrected chi connectivity index (χ0v) is 24.7. The van der Waals surface area contributed by atoms with Crippen LogP contribution in [0.2, 0.25) is 0 Å². The maximum atomic E-state index is 12.1. The van der Waals surface area contributed by atoms with Gasteiger partial charge >= 0.3 is 0 Å². The van der Waals surface area contributed by atoms with Crippen molar-refractivity contribution >= 4 is 45.6 Å². The molecule has 1 amide bonds. The lowest BCUT2D eigenvalue weighted by Gasteiger charge is -2.24. The number of imidazole rings is 1. The molecule has 1 saturated heterocycles. The number of nitrogens with one attached hydrogen (secondary N) is 2. The van der Waals surface area contributed by atoms with Crippen LogP contribution in [0.1, 0.15) is 11.3 Å². The second-order valence-corrected chi connectivity index (χ2v) is 10.5. The number of morpholine rings is 1. The van der Waals surface area contributed by atoms with E-state index in [1.54, 1.807) is 12.4 Å². The third-order valence-corrected chi connectivity index (χ3v) is 7.29. The van der Waals surface area contributed by atoms with Gasteiger partial charge in [0.15, 0.2) is 5.82 Å². The molecule has 0 spiro atoms. The Morgan fingerprint density at radius 2 is 1.91 bits per heavy atom. The van der Waals surface area contributed by atoms with Crippen molar-refractivity contribution in [2.24, 2.45) is 7.05 Å². The van der Waals surface area contributed by atoms with Gasteiger partial charge in [-0.05, 0) is 61.0 Å². The Bertz CT molecular complexity index is 1840. The molecule has 0 unspecified atom stereocenters. The first-order valence-electron chi connectivity index (χ1n) is 14.5. The highest BCUT2D eigenvalue weighted by Gasteiger charge is 2.10. The predicted octanol–water partition coefficient (Wildman–Crippen LogP) is 4.77. The van der Waals surface area contributed by atoms with Crippen LogP contribution in [0.3, 0.4) is 0 Å². The largest absolute Gasteiger partial charge is 0.457 e. The van der Waals surface area contributed by atoms with E-state index in [2.05, 4.69) is 30.5 Å². The molecule has 0 saturated carbocycles. The number of aryl methyl sites for hydroxylation is 2. The summed E-state index contributed by atoms with van der Waals surface area (Å²) in [6, 6.07) is 15.5. The molecule has 11 heteroatoms. The Morgan fingerprint density at radius 1 is 1.02 bits per heavy atom. The molecule has 3 aromatic heterocycles. The highest BCUT2D eigenvalue weighted by molar-refractivity contribution is 5.88. The van der Waals surface area contributed by atoms with Crippen LogP contribution in [0.5, 0.6) is 11.5 Å². The van der Waals surface area contributed by atoms with E-state index in [4.69, 9.17) is 14.5 Å². The lowest BCUT2D eigenvalue weighted by Crippen LogP contribution is -2.36. The van der Waals surface area contributed by atoms with Crippen LogP contribution in [0.4, 0.5) is 11.5 Å². The van der Waals surface area contributed by atoms with E-state index < -0.39 is 0 Å². The van der Waals surface area contributed by atoms with Crippen molar-refractivity contribution in [3.63, 3.8) is 0 Å². The molecule has 6 rings (SSSR count). The second kappa shape index (κ2) is 13.4. The van der Waals surface area contributed by atoms with Gasteiger partial charge in [-0.2, -0.15) is 0 Å². The minimum atomic E-state index is -0.129. The summed E-state index contributed by atoms with van der Waals surface area (Å²) in [6.07, 6.45) is 10.5. The predicted molar refractivity (Wildman–Crippen MR) is 171 cm³/mol. The van der Waals surface area contributed by atoms with Gasteiger partial charge in [0, 0.05) is 51.1 Å². The van der Waals surface area contributed by atoms with Gasteiger partial charge in [0.05, 0.1) is 41.8 Å². The van der Waals surface area contributed by atoms with Crippen molar-refractivity contribution in [3.05, 3.63) is 90.7 Å². The summed E-state index contributed by atoms with van der Waals surface area (Å²) < 4.78 is 13.5. The smallest absolute Gasteiger partial charge is 0.243 e. The monoisotopic (exact) mass is 590 g/mol. The van der Waals surface area contributed by atoms with Gasteiger partial charge in [-0.3, -0.25) is 9.69 Å². The fraction of sp³-hybridized carbons (Fsp3) is 0.242. The molecule has 0 radical (unpaired) electrons. The number of fused-ring (bicyclic) bond motifs is 2. The van der Waals surface area contributed by atoms with Gasteiger partial charge in [0.2, 0.25) is 5.91 Å². The maximum absolute atomic E-state index is 12.1. The molecule has 0 bridgehead atoms. The van der Waals surface area contributed by atoms with Crippen LogP contribution in [0.15, 0.2) is 79.4 Å². The summed E-state index contributed by atoms with van der Waals surface area (Å²) >= 11 is 0. The maximum Gasteiger partial charge on any atom is 0.243 e. The van der Waals surface area contributed by atoms with Crippen LogP contribution < -0.4 is 15.4 Å². The number of rotatable bonds is 10. The van der Waals surface area contributed by atoms with Crippen LogP contribution in [0, 0.1) is 6.92 Å².